The summed E-state index contributed by atoms with van der Waals surface area (Å²) in [5.41, 5.74) is 1.81. The zero-order chi connectivity index (χ0) is 30.0. The van der Waals surface area contributed by atoms with E-state index < -0.39 is 35.9 Å². The van der Waals surface area contributed by atoms with Crippen LogP contribution in [0.1, 0.15) is 48.0 Å². The van der Waals surface area contributed by atoms with Gasteiger partial charge >= 0.3 is 6.18 Å². The second-order valence-corrected chi connectivity index (χ2v) is 11.8. The van der Waals surface area contributed by atoms with E-state index in [0.29, 0.717) is 55.0 Å². The van der Waals surface area contributed by atoms with Crippen molar-refractivity contribution >= 4 is 29.1 Å². The molecule has 1 N–H and O–H groups in total. The molecule has 1 aliphatic carbocycles. The van der Waals surface area contributed by atoms with Crippen molar-refractivity contribution in [2.75, 3.05) is 25.0 Å². The summed E-state index contributed by atoms with van der Waals surface area (Å²) < 4.78 is 55.4. The number of halogens is 5. The molecular formula is C32H34ClF4N3O2. The van der Waals surface area contributed by atoms with Crippen LogP contribution in [0.5, 0.6) is 0 Å². The number of aryl methyl sites for hydroxylation is 1. The van der Waals surface area contributed by atoms with Crippen molar-refractivity contribution in [3.8, 4) is 0 Å². The smallest absolute Gasteiger partial charge is 0.334 e. The molecule has 0 saturated carbocycles. The number of likely N-dealkylation sites (tertiary alicyclic amines) is 2. The summed E-state index contributed by atoms with van der Waals surface area (Å²) in [6.07, 6.45) is 3.50. The summed E-state index contributed by atoms with van der Waals surface area (Å²) in [6.45, 7) is 2.62. The SMILES string of the molecule is Cc1cccc(F)c1C(=O)N1CCCC(C(=O)Nc2cccc(Cl)c2)[C@@H]1C1C=CC(CN2CCCC2C(F)(F)F)=CC1. The fourth-order valence-corrected chi connectivity index (χ4v) is 6.78. The third-order valence-corrected chi connectivity index (χ3v) is 8.82. The molecule has 0 bridgehead atoms. The highest BCUT2D eigenvalue weighted by atomic mass is 35.5. The fourth-order valence-electron chi connectivity index (χ4n) is 6.59. The molecule has 2 aromatic carbocycles. The minimum absolute atomic E-state index is 0.0124. The Kier molecular flexibility index (Phi) is 9.08. The van der Waals surface area contributed by atoms with Crippen LogP contribution < -0.4 is 5.32 Å². The lowest BCUT2D eigenvalue weighted by atomic mass is 9.77. The lowest BCUT2D eigenvalue weighted by molar-refractivity contribution is -0.174. The average Bonchev–Trinajstić information content (AvgIpc) is 3.42. The Morgan fingerprint density at radius 1 is 1.07 bits per heavy atom. The predicted octanol–water partition coefficient (Wildman–Crippen LogP) is 7.18. The van der Waals surface area contributed by atoms with Gasteiger partial charge in [-0.15, -0.1) is 0 Å². The second kappa shape index (κ2) is 12.6. The van der Waals surface area contributed by atoms with Gasteiger partial charge in [0.15, 0.2) is 0 Å². The largest absolute Gasteiger partial charge is 0.404 e. The van der Waals surface area contributed by atoms with Crippen LogP contribution in [-0.4, -0.2) is 59.5 Å². The maximum Gasteiger partial charge on any atom is 0.404 e. The van der Waals surface area contributed by atoms with Gasteiger partial charge in [-0.05, 0) is 81.0 Å². The first-order valence-corrected chi connectivity index (χ1v) is 14.7. The molecule has 3 aliphatic rings. The number of benzene rings is 2. The number of nitrogens with one attached hydrogen (secondary N) is 1. The van der Waals surface area contributed by atoms with Crippen LogP contribution >= 0.6 is 11.6 Å². The molecule has 224 valence electrons. The topological polar surface area (TPSA) is 52.7 Å². The van der Waals surface area contributed by atoms with Crippen molar-refractivity contribution in [1.29, 1.82) is 0 Å². The lowest BCUT2D eigenvalue weighted by Crippen LogP contribution is -2.55. The zero-order valence-electron chi connectivity index (χ0n) is 23.3. The van der Waals surface area contributed by atoms with E-state index in [-0.39, 0.29) is 30.4 Å². The van der Waals surface area contributed by atoms with Gasteiger partial charge in [0, 0.05) is 29.7 Å². The molecule has 2 amide bonds. The Morgan fingerprint density at radius 2 is 1.83 bits per heavy atom. The quantitative estimate of drug-likeness (QED) is 0.356. The van der Waals surface area contributed by atoms with Crippen LogP contribution in [0.2, 0.25) is 5.02 Å². The van der Waals surface area contributed by atoms with E-state index in [9.17, 15) is 27.2 Å². The molecule has 3 unspecified atom stereocenters. The molecule has 10 heteroatoms. The number of hydrogen-bond donors (Lipinski definition) is 1. The Balaban J connectivity index is 1.41. The van der Waals surface area contributed by atoms with Crippen molar-refractivity contribution in [2.45, 2.75) is 57.3 Å². The highest BCUT2D eigenvalue weighted by Crippen LogP contribution is 2.37. The summed E-state index contributed by atoms with van der Waals surface area (Å²) in [5, 5.41) is 3.40. The highest BCUT2D eigenvalue weighted by Gasteiger charge is 2.46. The predicted molar refractivity (Wildman–Crippen MR) is 155 cm³/mol. The monoisotopic (exact) mass is 603 g/mol. The maximum absolute atomic E-state index is 14.9. The molecule has 42 heavy (non-hydrogen) atoms. The van der Waals surface area contributed by atoms with E-state index in [1.807, 2.05) is 18.2 Å². The number of allylic oxidation sites excluding steroid dienone is 1. The number of carbonyl (C=O) groups is 2. The van der Waals surface area contributed by atoms with E-state index in [2.05, 4.69) is 5.32 Å². The van der Waals surface area contributed by atoms with Gasteiger partial charge in [-0.2, -0.15) is 13.2 Å². The normalized spacial score (nSPS) is 24.9. The maximum atomic E-state index is 14.9. The van der Waals surface area contributed by atoms with Crippen LogP contribution in [0.3, 0.4) is 0 Å². The van der Waals surface area contributed by atoms with Gasteiger partial charge in [-0.3, -0.25) is 14.5 Å². The van der Waals surface area contributed by atoms with Crippen LogP contribution in [0.15, 0.2) is 66.3 Å². The van der Waals surface area contributed by atoms with E-state index in [4.69, 9.17) is 11.6 Å². The van der Waals surface area contributed by atoms with Gasteiger partial charge in [0.05, 0.1) is 17.5 Å². The van der Waals surface area contributed by atoms with Gasteiger partial charge in [0.1, 0.15) is 11.9 Å². The van der Waals surface area contributed by atoms with Crippen LogP contribution in [0.4, 0.5) is 23.2 Å². The average molecular weight is 604 g/mol. The highest BCUT2D eigenvalue weighted by molar-refractivity contribution is 6.30. The van der Waals surface area contributed by atoms with E-state index in [0.717, 1.165) is 5.57 Å². The number of nitrogens with zero attached hydrogens (tertiary/aromatic N) is 2. The fraction of sp³-hybridized carbons (Fsp3) is 0.438. The van der Waals surface area contributed by atoms with Gasteiger partial charge in [0.2, 0.25) is 5.91 Å². The molecule has 2 fully saturated rings. The van der Waals surface area contributed by atoms with Gasteiger partial charge in [0.25, 0.3) is 5.91 Å². The van der Waals surface area contributed by atoms with Crippen LogP contribution in [0.25, 0.3) is 0 Å². The Labute approximate surface area is 248 Å². The van der Waals surface area contributed by atoms with Crippen molar-refractivity contribution in [2.24, 2.45) is 11.8 Å². The summed E-state index contributed by atoms with van der Waals surface area (Å²) in [6, 6.07) is 9.27. The summed E-state index contributed by atoms with van der Waals surface area (Å²) in [5.74, 6) is -2.22. The summed E-state index contributed by atoms with van der Waals surface area (Å²) >= 11 is 6.11. The number of rotatable bonds is 6. The molecule has 0 spiro atoms. The molecule has 4 atom stereocenters. The standard InChI is InChI=1S/C32H34ClF4N3O2/c1-20-6-2-10-26(34)28(20)31(42)40-17-4-9-25(30(41)38-24-8-3-7-23(33)18-24)29(40)22-14-12-21(13-15-22)19-39-16-5-11-27(39)32(35,36)37/h2-3,6-8,10,12-14,18,22,25,27,29H,4-5,9,11,15-17,19H2,1H3,(H,38,41)/t22?,25?,27?,29-/m0/s1. The van der Waals surface area contributed by atoms with Crippen molar-refractivity contribution < 1.29 is 27.2 Å². The van der Waals surface area contributed by atoms with Gasteiger partial charge in [-0.1, -0.05) is 48.0 Å². The molecule has 0 aromatic heterocycles. The van der Waals surface area contributed by atoms with Gasteiger partial charge < -0.3 is 10.2 Å². The number of carbonyl (C=O) groups excluding carboxylic acids is 2. The number of hydrogen-bond acceptors (Lipinski definition) is 3. The molecule has 0 radical (unpaired) electrons. The number of piperidine rings is 1. The Hall–Kier alpha value is -3.17. The van der Waals surface area contributed by atoms with Crippen molar-refractivity contribution in [3.63, 3.8) is 0 Å². The van der Waals surface area contributed by atoms with E-state index >= 15 is 0 Å². The molecule has 2 aromatic rings. The minimum Gasteiger partial charge on any atom is -0.334 e. The summed E-state index contributed by atoms with van der Waals surface area (Å²) in [7, 11) is 0. The Morgan fingerprint density at radius 3 is 2.52 bits per heavy atom. The zero-order valence-corrected chi connectivity index (χ0v) is 24.1. The number of amides is 2. The number of anilines is 1. The third kappa shape index (κ3) is 6.57. The van der Waals surface area contributed by atoms with E-state index in [1.165, 1.54) is 11.0 Å². The first kappa shape index (κ1) is 30.3. The van der Waals surface area contributed by atoms with E-state index in [1.54, 1.807) is 48.2 Å². The summed E-state index contributed by atoms with van der Waals surface area (Å²) in [4.78, 5) is 30.6. The van der Waals surface area contributed by atoms with Crippen LogP contribution in [-0.2, 0) is 4.79 Å². The molecule has 2 saturated heterocycles. The lowest BCUT2D eigenvalue weighted by Gasteiger charge is -2.44. The minimum atomic E-state index is -4.27. The second-order valence-electron chi connectivity index (χ2n) is 11.4. The third-order valence-electron chi connectivity index (χ3n) is 8.59. The first-order valence-electron chi connectivity index (χ1n) is 14.3. The van der Waals surface area contributed by atoms with Crippen molar-refractivity contribution in [1.82, 2.24) is 9.80 Å². The first-order chi connectivity index (χ1) is 20.0. The Bertz CT molecular complexity index is 1370. The molecular weight excluding hydrogens is 570 g/mol. The molecule has 2 heterocycles. The molecule has 5 nitrogen and oxygen atoms in total. The number of alkyl halides is 3. The molecule has 5 rings (SSSR count). The van der Waals surface area contributed by atoms with Gasteiger partial charge in [-0.25, -0.2) is 4.39 Å². The molecule has 2 aliphatic heterocycles. The van der Waals surface area contributed by atoms with Crippen LogP contribution in [0, 0.1) is 24.6 Å². The van der Waals surface area contributed by atoms with Crippen molar-refractivity contribution in [3.05, 3.63) is 88.2 Å².